The van der Waals surface area contributed by atoms with Crippen LogP contribution >= 0.6 is 0 Å². The molecule has 0 saturated carbocycles. The standard InChI is InChI=1S/C14H29N3O/c1-14(2,15)10-13(18)17(4)9-7-12-6-5-8-16(3)11-12/h12H,5-11,15H2,1-4H3. The van der Waals surface area contributed by atoms with E-state index in [9.17, 15) is 4.79 Å². The van der Waals surface area contributed by atoms with Crippen LogP contribution in [0.5, 0.6) is 0 Å². The average Bonchev–Trinajstić information content (AvgIpc) is 2.23. The first-order valence-electron chi connectivity index (χ1n) is 6.99. The molecule has 1 fully saturated rings. The molecule has 1 unspecified atom stereocenters. The fourth-order valence-corrected chi connectivity index (χ4v) is 2.53. The van der Waals surface area contributed by atoms with Crippen molar-refractivity contribution in [3.05, 3.63) is 0 Å². The number of likely N-dealkylation sites (tertiary alicyclic amines) is 1. The second kappa shape index (κ2) is 6.53. The third-order valence-corrected chi connectivity index (χ3v) is 3.63. The second-order valence-electron chi connectivity index (χ2n) is 6.54. The van der Waals surface area contributed by atoms with Gasteiger partial charge in [-0.05, 0) is 52.6 Å². The summed E-state index contributed by atoms with van der Waals surface area (Å²) in [4.78, 5) is 16.2. The van der Waals surface area contributed by atoms with E-state index in [1.54, 1.807) is 0 Å². The van der Waals surface area contributed by atoms with Gasteiger partial charge in [-0.2, -0.15) is 0 Å². The van der Waals surface area contributed by atoms with Crippen LogP contribution in [0.2, 0.25) is 0 Å². The number of hydrogen-bond donors (Lipinski definition) is 1. The summed E-state index contributed by atoms with van der Waals surface area (Å²) in [6, 6.07) is 0. The topological polar surface area (TPSA) is 49.6 Å². The number of amides is 1. The molecule has 0 aromatic carbocycles. The summed E-state index contributed by atoms with van der Waals surface area (Å²) in [6.07, 6.45) is 4.12. The predicted molar refractivity (Wildman–Crippen MR) is 75.4 cm³/mol. The van der Waals surface area contributed by atoms with Crippen molar-refractivity contribution in [2.45, 2.75) is 45.1 Å². The lowest BCUT2D eigenvalue weighted by molar-refractivity contribution is -0.131. The molecular weight excluding hydrogens is 226 g/mol. The molecule has 0 aromatic rings. The SMILES string of the molecule is CN1CCCC(CCN(C)C(=O)CC(C)(C)N)C1. The smallest absolute Gasteiger partial charge is 0.224 e. The lowest BCUT2D eigenvalue weighted by Gasteiger charge is -2.31. The molecule has 0 aromatic heterocycles. The van der Waals surface area contributed by atoms with Crippen LogP contribution in [0, 0.1) is 5.92 Å². The highest BCUT2D eigenvalue weighted by molar-refractivity contribution is 5.76. The molecule has 1 amide bonds. The largest absolute Gasteiger partial charge is 0.346 e. The molecule has 0 bridgehead atoms. The van der Waals surface area contributed by atoms with E-state index < -0.39 is 5.54 Å². The van der Waals surface area contributed by atoms with Crippen LogP contribution in [-0.4, -0.2) is 55.0 Å². The molecule has 4 nitrogen and oxygen atoms in total. The van der Waals surface area contributed by atoms with E-state index in [0.29, 0.717) is 6.42 Å². The monoisotopic (exact) mass is 255 g/mol. The average molecular weight is 255 g/mol. The van der Waals surface area contributed by atoms with Crippen LogP contribution in [0.15, 0.2) is 0 Å². The van der Waals surface area contributed by atoms with Gasteiger partial charge in [0, 0.05) is 32.1 Å². The zero-order valence-corrected chi connectivity index (χ0v) is 12.4. The number of hydrogen-bond acceptors (Lipinski definition) is 3. The number of nitrogens with two attached hydrogens (primary N) is 1. The Morgan fingerprint density at radius 3 is 2.72 bits per heavy atom. The summed E-state index contributed by atoms with van der Waals surface area (Å²) < 4.78 is 0. The number of rotatable bonds is 5. The van der Waals surface area contributed by atoms with Crippen molar-refractivity contribution in [3.8, 4) is 0 Å². The fraction of sp³-hybridized carbons (Fsp3) is 0.929. The van der Waals surface area contributed by atoms with E-state index >= 15 is 0 Å². The van der Waals surface area contributed by atoms with Gasteiger partial charge in [0.1, 0.15) is 0 Å². The Morgan fingerprint density at radius 2 is 2.17 bits per heavy atom. The van der Waals surface area contributed by atoms with Crippen LogP contribution in [0.3, 0.4) is 0 Å². The summed E-state index contributed by atoms with van der Waals surface area (Å²) >= 11 is 0. The summed E-state index contributed by atoms with van der Waals surface area (Å²) in [5.41, 5.74) is 5.47. The van der Waals surface area contributed by atoms with Crippen molar-refractivity contribution in [3.63, 3.8) is 0 Å². The maximum Gasteiger partial charge on any atom is 0.224 e. The first-order valence-corrected chi connectivity index (χ1v) is 6.99. The van der Waals surface area contributed by atoms with Gasteiger partial charge in [0.05, 0.1) is 0 Å². The quantitative estimate of drug-likeness (QED) is 0.805. The first-order chi connectivity index (χ1) is 8.28. The Kier molecular flexibility index (Phi) is 5.60. The summed E-state index contributed by atoms with van der Waals surface area (Å²) in [5.74, 6) is 0.900. The first kappa shape index (κ1) is 15.4. The van der Waals surface area contributed by atoms with Gasteiger partial charge in [0.15, 0.2) is 0 Å². The van der Waals surface area contributed by atoms with Gasteiger partial charge in [-0.15, -0.1) is 0 Å². The second-order valence-corrected chi connectivity index (χ2v) is 6.54. The van der Waals surface area contributed by atoms with E-state index in [1.807, 2.05) is 25.8 Å². The summed E-state index contributed by atoms with van der Waals surface area (Å²) in [7, 11) is 4.07. The van der Waals surface area contributed by atoms with Gasteiger partial charge >= 0.3 is 0 Å². The van der Waals surface area contributed by atoms with Crippen molar-refractivity contribution in [2.75, 3.05) is 33.7 Å². The minimum Gasteiger partial charge on any atom is -0.346 e. The summed E-state index contributed by atoms with van der Waals surface area (Å²) in [6.45, 7) is 7.04. The molecule has 1 atom stereocenters. The highest BCUT2D eigenvalue weighted by Crippen LogP contribution is 2.18. The molecule has 1 aliphatic rings. The number of carbonyl (C=O) groups is 1. The van der Waals surface area contributed by atoms with Crippen molar-refractivity contribution in [1.29, 1.82) is 0 Å². The lowest BCUT2D eigenvalue weighted by atomic mass is 9.95. The molecule has 1 heterocycles. The van der Waals surface area contributed by atoms with Crippen molar-refractivity contribution in [2.24, 2.45) is 11.7 Å². The van der Waals surface area contributed by atoms with Gasteiger partial charge in [0.2, 0.25) is 5.91 Å². The number of nitrogens with zero attached hydrogens (tertiary/aromatic N) is 2. The highest BCUT2D eigenvalue weighted by Gasteiger charge is 2.21. The molecule has 4 heteroatoms. The Bertz CT molecular complexity index is 273. The van der Waals surface area contributed by atoms with Crippen LogP contribution in [0.1, 0.15) is 39.5 Å². The van der Waals surface area contributed by atoms with Gasteiger partial charge in [-0.25, -0.2) is 0 Å². The van der Waals surface area contributed by atoms with Crippen LogP contribution in [-0.2, 0) is 4.79 Å². The Labute approximate surface area is 111 Å². The molecule has 2 N–H and O–H groups in total. The van der Waals surface area contributed by atoms with Gasteiger partial charge < -0.3 is 15.5 Å². The number of carbonyl (C=O) groups excluding carboxylic acids is 1. The van der Waals surface area contributed by atoms with Gasteiger partial charge in [-0.3, -0.25) is 4.79 Å². The lowest BCUT2D eigenvalue weighted by Crippen LogP contribution is -2.41. The molecule has 1 rings (SSSR count). The van der Waals surface area contributed by atoms with Crippen LogP contribution in [0.4, 0.5) is 0 Å². The molecule has 1 saturated heterocycles. The summed E-state index contributed by atoms with van der Waals surface area (Å²) in [5, 5.41) is 0. The molecule has 0 aliphatic carbocycles. The van der Waals surface area contributed by atoms with E-state index in [4.69, 9.17) is 5.73 Å². The van der Waals surface area contributed by atoms with Crippen molar-refractivity contribution < 1.29 is 4.79 Å². The van der Waals surface area contributed by atoms with E-state index in [1.165, 1.54) is 25.9 Å². The zero-order valence-electron chi connectivity index (χ0n) is 12.4. The molecular formula is C14H29N3O. The third kappa shape index (κ3) is 5.83. The third-order valence-electron chi connectivity index (χ3n) is 3.63. The Balaban J connectivity index is 2.27. The Hall–Kier alpha value is -0.610. The van der Waals surface area contributed by atoms with Crippen molar-refractivity contribution >= 4 is 5.91 Å². The minimum atomic E-state index is -0.406. The maximum absolute atomic E-state index is 11.9. The van der Waals surface area contributed by atoms with E-state index in [2.05, 4.69) is 11.9 Å². The van der Waals surface area contributed by atoms with Crippen molar-refractivity contribution in [1.82, 2.24) is 9.80 Å². The number of piperidine rings is 1. The molecule has 106 valence electrons. The fourth-order valence-electron chi connectivity index (χ4n) is 2.53. The van der Waals surface area contributed by atoms with E-state index in [-0.39, 0.29) is 5.91 Å². The maximum atomic E-state index is 11.9. The highest BCUT2D eigenvalue weighted by atomic mass is 16.2. The molecule has 0 radical (unpaired) electrons. The van der Waals surface area contributed by atoms with Crippen LogP contribution in [0.25, 0.3) is 0 Å². The predicted octanol–water partition coefficient (Wildman–Crippen LogP) is 1.30. The Morgan fingerprint density at radius 1 is 1.50 bits per heavy atom. The van der Waals surface area contributed by atoms with Gasteiger partial charge in [0.25, 0.3) is 0 Å². The van der Waals surface area contributed by atoms with E-state index in [0.717, 1.165) is 18.9 Å². The minimum absolute atomic E-state index is 0.159. The molecule has 0 spiro atoms. The molecule has 18 heavy (non-hydrogen) atoms. The van der Waals surface area contributed by atoms with Gasteiger partial charge in [-0.1, -0.05) is 0 Å². The normalized spacial score (nSPS) is 21.9. The van der Waals surface area contributed by atoms with Crippen LogP contribution < -0.4 is 5.73 Å². The zero-order chi connectivity index (χ0) is 13.8. The molecule has 1 aliphatic heterocycles.